The topological polar surface area (TPSA) is 91.6 Å². The van der Waals surface area contributed by atoms with Gasteiger partial charge in [-0.2, -0.15) is 5.26 Å². The van der Waals surface area contributed by atoms with Crippen molar-refractivity contribution in [3.05, 3.63) is 42.1 Å². The highest BCUT2D eigenvalue weighted by Gasteiger charge is 2.43. The van der Waals surface area contributed by atoms with Crippen molar-refractivity contribution in [1.29, 1.82) is 5.26 Å². The molecular weight excluding hydrogens is 286 g/mol. The summed E-state index contributed by atoms with van der Waals surface area (Å²) in [5, 5.41) is 19.5. The second-order valence-corrected chi connectivity index (χ2v) is 6.36. The van der Waals surface area contributed by atoms with Gasteiger partial charge in [0.2, 0.25) is 0 Å². The molecule has 0 bridgehead atoms. The molecule has 0 saturated carbocycles. The second-order valence-electron chi connectivity index (χ2n) is 5.20. The molecule has 1 aromatic rings. The van der Waals surface area contributed by atoms with Gasteiger partial charge >= 0.3 is 0 Å². The van der Waals surface area contributed by atoms with Crippen LogP contribution in [0.2, 0.25) is 0 Å². The summed E-state index contributed by atoms with van der Waals surface area (Å²) in [7, 11) is 0. The Hall–Kier alpha value is -1.97. The van der Waals surface area contributed by atoms with Crippen molar-refractivity contribution < 1.29 is 9.84 Å². The quantitative estimate of drug-likeness (QED) is 0.646. The van der Waals surface area contributed by atoms with Crippen molar-refractivity contribution in [2.75, 3.05) is 0 Å². The number of ether oxygens (including phenoxy) is 1. The van der Waals surface area contributed by atoms with Crippen LogP contribution in [0.3, 0.4) is 0 Å². The van der Waals surface area contributed by atoms with Crippen molar-refractivity contribution in [3.63, 3.8) is 0 Å². The van der Waals surface area contributed by atoms with E-state index >= 15 is 0 Å². The first-order valence-electron chi connectivity index (χ1n) is 6.41. The van der Waals surface area contributed by atoms with Crippen LogP contribution < -0.4 is 10.5 Å². The molecule has 1 aromatic carbocycles. The molecular formula is C15H17N3O2S. The Morgan fingerprint density at radius 3 is 2.95 bits per heavy atom. The van der Waals surface area contributed by atoms with Crippen molar-refractivity contribution >= 4 is 16.9 Å². The fourth-order valence-corrected chi connectivity index (χ4v) is 3.35. The molecule has 0 aliphatic carbocycles. The number of aliphatic hydroxyl groups excluding tert-OH is 1. The summed E-state index contributed by atoms with van der Waals surface area (Å²) in [6.07, 6.45) is 0.564. The summed E-state index contributed by atoms with van der Waals surface area (Å²) in [6, 6.07) is 7.24. The Bertz CT molecular complexity index is 634. The summed E-state index contributed by atoms with van der Waals surface area (Å²) in [5.74, 6) is 0.646. The van der Waals surface area contributed by atoms with E-state index in [0.29, 0.717) is 16.5 Å². The average Bonchev–Trinajstić information content (AvgIpc) is 2.43. The Kier molecular flexibility index (Phi) is 4.26. The van der Waals surface area contributed by atoms with Crippen molar-refractivity contribution in [3.8, 4) is 11.8 Å². The van der Waals surface area contributed by atoms with Gasteiger partial charge in [0.15, 0.2) is 5.17 Å². The van der Waals surface area contributed by atoms with E-state index in [2.05, 4.69) is 17.6 Å². The standard InChI is InChI=1S/C15H17N3O2S/c1-4-18-14(17)21-12-10-7-9(8-16)5-6-11(10)20-15(2,3)13(12)19/h4-7,12-13,19H,1H2,2-3H3,(H2,17,18)/t12-,13+/m1/s1. The third kappa shape index (κ3) is 3.04. The van der Waals surface area contributed by atoms with Crippen LogP contribution >= 0.6 is 11.8 Å². The molecule has 0 unspecified atom stereocenters. The second kappa shape index (κ2) is 5.80. The molecule has 0 saturated heterocycles. The van der Waals surface area contributed by atoms with Crippen LogP contribution in [0.5, 0.6) is 5.75 Å². The molecule has 5 nitrogen and oxygen atoms in total. The van der Waals surface area contributed by atoms with Crippen molar-refractivity contribution in [1.82, 2.24) is 0 Å². The van der Waals surface area contributed by atoms with Crippen molar-refractivity contribution in [2.45, 2.75) is 30.8 Å². The number of nitriles is 1. The van der Waals surface area contributed by atoms with E-state index < -0.39 is 11.7 Å². The molecule has 1 heterocycles. The minimum absolute atomic E-state index is 0.306. The van der Waals surface area contributed by atoms with Gasteiger partial charge in [0.1, 0.15) is 17.5 Å². The molecule has 0 radical (unpaired) electrons. The fourth-order valence-electron chi connectivity index (χ4n) is 2.19. The molecule has 0 spiro atoms. The lowest BCUT2D eigenvalue weighted by Crippen LogP contribution is -2.48. The Labute approximate surface area is 128 Å². The highest BCUT2D eigenvalue weighted by molar-refractivity contribution is 8.14. The SMILES string of the molecule is C=CN=C(N)S[C@@H]1c2cc(C#N)ccc2OC(C)(C)[C@H]1O. The number of nitrogens with two attached hydrogens (primary N) is 1. The number of benzene rings is 1. The predicted molar refractivity (Wildman–Crippen MR) is 84.0 cm³/mol. The molecule has 0 aromatic heterocycles. The number of hydrogen-bond donors (Lipinski definition) is 2. The van der Waals surface area contributed by atoms with Crippen molar-refractivity contribution in [2.24, 2.45) is 10.7 Å². The van der Waals surface area contributed by atoms with Crippen LogP contribution in [0.25, 0.3) is 0 Å². The molecule has 110 valence electrons. The Balaban J connectivity index is 2.49. The first-order valence-corrected chi connectivity index (χ1v) is 7.29. The molecule has 2 atom stereocenters. The number of rotatable bonds is 2. The maximum absolute atomic E-state index is 10.6. The third-order valence-corrected chi connectivity index (χ3v) is 4.40. The Morgan fingerprint density at radius 1 is 1.62 bits per heavy atom. The highest BCUT2D eigenvalue weighted by Crippen LogP contribution is 2.46. The largest absolute Gasteiger partial charge is 0.485 e. The summed E-state index contributed by atoms with van der Waals surface area (Å²) >= 11 is 1.23. The summed E-state index contributed by atoms with van der Waals surface area (Å²) in [6.45, 7) is 7.13. The van der Waals surface area contributed by atoms with Crippen LogP contribution in [0, 0.1) is 11.3 Å². The van der Waals surface area contributed by atoms with Crippen LogP contribution in [0.1, 0.15) is 30.2 Å². The van der Waals surface area contributed by atoms with Gasteiger partial charge in [-0.3, -0.25) is 0 Å². The van der Waals surface area contributed by atoms with Gasteiger partial charge in [-0.25, -0.2) is 4.99 Å². The number of aliphatic hydroxyl groups is 1. The number of hydrogen-bond acceptors (Lipinski definition) is 5. The van der Waals surface area contributed by atoms with Gasteiger partial charge in [0.05, 0.1) is 16.9 Å². The van der Waals surface area contributed by atoms with Gasteiger partial charge < -0.3 is 15.6 Å². The number of thioether (sulfide) groups is 1. The Morgan fingerprint density at radius 2 is 2.33 bits per heavy atom. The molecule has 1 aliphatic rings. The van der Waals surface area contributed by atoms with Gasteiger partial charge in [-0.15, -0.1) is 0 Å². The fraction of sp³-hybridized carbons (Fsp3) is 0.333. The number of amidine groups is 1. The van der Waals surface area contributed by atoms with E-state index in [1.165, 1.54) is 18.0 Å². The first kappa shape index (κ1) is 15.4. The molecule has 1 aliphatic heterocycles. The summed E-state index contributed by atoms with van der Waals surface area (Å²) in [5.41, 5.74) is 6.31. The van der Waals surface area contributed by atoms with Crippen LogP contribution in [0.4, 0.5) is 0 Å². The molecule has 6 heteroatoms. The number of nitrogens with zero attached hydrogens (tertiary/aromatic N) is 2. The first-order chi connectivity index (χ1) is 9.89. The molecule has 3 N–H and O–H groups in total. The van der Waals surface area contributed by atoms with E-state index in [4.69, 9.17) is 15.7 Å². The van der Waals surface area contributed by atoms with E-state index in [1.54, 1.807) is 18.2 Å². The normalized spacial score (nSPS) is 23.6. The highest BCUT2D eigenvalue weighted by atomic mass is 32.2. The summed E-state index contributed by atoms with van der Waals surface area (Å²) in [4.78, 5) is 3.92. The van der Waals surface area contributed by atoms with Crippen LogP contribution in [-0.4, -0.2) is 22.0 Å². The van der Waals surface area contributed by atoms with Crippen LogP contribution in [0.15, 0.2) is 36.0 Å². The van der Waals surface area contributed by atoms with Gasteiger partial charge in [-0.1, -0.05) is 18.3 Å². The minimum Gasteiger partial charge on any atom is -0.485 e. The lowest BCUT2D eigenvalue weighted by atomic mass is 9.90. The average molecular weight is 303 g/mol. The molecule has 0 fully saturated rings. The zero-order valence-corrected chi connectivity index (χ0v) is 12.7. The van der Waals surface area contributed by atoms with Gasteiger partial charge in [-0.05, 0) is 32.0 Å². The van der Waals surface area contributed by atoms with E-state index in [9.17, 15) is 5.11 Å². The number of fused-ring (bicyclic) bond motifs is 1. The van der Waals surface area contributed by atoms with E-state index in [1.807, 2.05) is 13.8 Å². The monoisotopic (exact) mass is 303 g/mol. The minimum atomic E-state index is -0.789. The smallest absolute Gasteiger partial charge is 0.159 e. The van der Waals surface area contributed by atoms with Gasteiger partial charge in [0.25, 0.3) is 0 Å². The maximum Gasteiger partial charge on any atom is 0.159 e. The molecule has 0 amide bonds. The number of aliphatic imine (C=N–C) groups is 1. The summed E-state index contributed by atoms with van der Waals surface area (Å²) < 4.78 is 5.83. The molecule has 21 heavy (non-hydrogen) atoms. The zero-order valence-electron chi connectivity index (χ0n) is 11.9. The zero-order chi connectivity index (χ0) is 15.6. The maximum atomic E-state index is 10.6. The van der Waals surface area contributed by atoms with E-state index in [0.717, 1.165) is 5.56 Å². The predicted octanol–water partition coefficient (Wildman–Crippen LogP) is 2.32. The molecule has 2 rings (SSSR count). The third-order valence-electron chi connectivity index (χ3n) is 3.28. The van der Waals surface area contributed by atoms with E-state index in [-0.39, 0.29) is 5.25 Å². The van der Waals surface area contributed by atoms with Crippen LogP contribution in [-0.2, 0) is 0 Å². The lowest BCUT2D eigenvalue weighted by molar-refractivity contribution is -0.0428. The van der Waals surface area contributed by atoms with Gasteiger partial charge in [0, 0.05) is 11.8 Å². The lowest BCUT2D eigenvalue weighted by Gasteiger charge is -2.41.